The molecule has 2 rings (SSSR count). The molecule has 0 spiro atoms. The number of carbonyl (C=O) groups is 1. The van der Waals surface area contributed by atoms with Crippen molar-refractivity contribution in [2.45, 2.75) is 39.2 Å². The van der Waals surface area contributed by atoms with Gasteiger partial charge in [0.15, 0.2) is 0 Å². The molecule has 1 amide bonds. The highest BCUT2D eigenvalue weighted by Crippen LogP contribution is 2.21. The first-order valence-electron chi connectivity index (χ1n) is 6.83. The normalized spacial score (nSPS) is 22.4. The van der Waals surface area contributed by atoms with Crippen LogP contribution in [0.25, 0.3) is 0 Å². The predicted molar refractivity (Wildman–Crippen MR) is 81.9 cm³/mol. The van der Waals surface area contributed by atoms with Crippen LogP contribution in [0.5, 0.6) is 0 Å². The fourth-order valence-electron chi connectivity index (χ4n) is 2.56. The fraction of sp³-hybridized carbons (Fsp3) is 0.533. The molecule has 106 valence electrons. The summed E-state index contributed by atoms with van der Waals surface area (Å²) in [6, 6.07) is 8.49. The van der Waals surface area contributed by atoms with Crippen molar-refractivity contribution in [1.29, 1.82) is 0 Å². The summed E-state index contributed by atoms with van der Waals surface area (Å²) in [6.07, 6.45) is 2.81. The Hall–Kier alpha value is -1.06. The van der Waals surface area contributed by atoms with Crippen molar-refractivity contribution in [1.82, 2.24) is 5.32 Å². The molecule has 2 atom stereocenters. The van der Waals surface area contributed by atoms with Gasteiger partial charge in [-0.15, -0.1) is 12.4 Å². The van der Waals surface area contributed by atoms with Crippen molar-refractivity contribution in [3.63, 3.8) is 0 Å². The van der Waals surface area contributed by atoms with Crippen LogP contribution in [0.3, 0.4) is 0 Å². The van der Waals surface area contributed by atoms with Crippen molar-refractivity contribution in [3.05, 3.63) is 29.8 Å². The van der Waals surface area contributed by atoms with Gasteiger partial charge in [0.05, 0.1) is 0 Å². The average Bonchev–Trinajstić information content (AvgIpc) is 2.39. The molecule has 0 unspecified atom stereocenters. The molecule has 0 saturated carbocycles. The van der Waals surface area contributed by atoms with Gasteiger partial charge >= 0.3 is 0 Å². The minimum absolute atomic E-state index is 0. The molecule has 3 nitrogen and oxygen atoms in total. The number of benzene rings is 1. The van der Waals surface area contributed by atoms with Crippen LogP contribution in [-0.2, 0) is 11.2 Å². The standard InChI is InChI=1S/C15H22N2O.ClH/c1-3-12-6-4-5-7-14(12)17-15(18)13-8-9-16-11(2)10-13;/h4-7,11,13,16H,3,8-10H2,1-2H3,(H,17,18);1H/t11-,13-;/m0./s1. The average molecular weight is 283 g/mol. The number of rotatable bonds is 3. The second-order valence-electron chi connectivity index (χ2n) is 5.08. The van der Waals surface area contributed by atoms with E-state index in [1.165, 1.54) is 5.56 Å². The molecule has 19 heavy (non-hydrogen) atoms. The number of para-hydroxylation sites is 1. The molecular weight excluding hydrogens is 260 g/mol. The highest BCUT2D eigenvalue weighted by Gasteiger charge is 2.24. The molecule has 0 aliphatic carbocycles. The molecule has 1 heterocycles. The van der Waals surface area contributed by atoms with Gasteiger partial charge in [-0.3, -0.25) is 4.79 Å². The van der Waals surface area contributed by atoms with Crippen LogP contribution >= 0.6 is 12.4 Å². The smallest absolute Gasteiger partial charge is 0.227 e. The Bertz CT molecular complexity index is 422. The Morgan fingerprint density at radius 1 is 1.42 bits per heavy atom. The zero-order valence-corrected chi connectivity index (χ0v) is 12.4. The number of halogens is 1. The van der Waals surface area contributed by atoms with Crippen molar-refractivity contribution in [2.75, 3.05) is 11.9 Å². The lowest BCUT2D eigenvalue weighted by Gasteiger charge is -2.27. The quantitative estimate of drug-likeness (QED) is 0.895. The molecule has 2 N–H and O–H groups in total. The monoisotopic (exact) mass is 282 g/mol. The third-order valence-corrected chi connectivity index (χ3v) is 3.65. The van der Waals surface area contributed by atoms with E-state index in [-0.39, 0.29) is 24.2 Å². The minimum Gasteiger partial charge on any atom is -0.326 e. The van der Waals surface area contributed by atoms with Gasteiger partial charge in [-0.2, -0.15) is 0 Å². The highest BCUT2D eigenvalue weighted by atomic mass is 35.5. The molecule has 1 aliphatic rings. The molecule has 1 aromatic carbocycles. The second-order valence-corrected chi connectivity index (χ2v) is 5.08. The molecule has 0 aromatic heterocycles. The number of piperidine rings is 1. The van der Waals surface area contributed by atoms with Crippen molar-refractivity contribution in [3.8, 4) is 0 Å². The van der Waals surface area contributed by atoms with Crippen molar-refractivity contribution >= 4 is 24.0 Å². The van der Waals surface area contributed by atoms with E-state index in [0.717, 1.165) is 31.5 Å². The Morgan fingerprint density at radius 2 is 2.16 bits per heavy atom. The van der Waals surface area contributed by atoms with Gasteiger partial charge in [-0.1, -0.05) is 25.1 Å². The van der Waals surface area contributed by atoms with E-state index in [9.17, 15) is 4.79 Å². The number of amides is 1. The third kappa shape index (κ3) is 4.22. The third-order valence-electron chi connectivity index (χ3n) is 3.65. The van der Waals surface area contributed by atoms with E-state index in [0.29, 0.717) is 6.04 Å². The minimum atomic E-state index is 0. The molecule has 1 fully saturated rings. The van der Waals surface area contributed by atoms with Crippen LogP contribution < -0.4 is 10.6 Å². The summed E-state index contributed by atoms with van der Waals surface area (Å²) >= 11 is 0. The zero-order valence-electron chi connectivity index (χ0n) is 11.6. The summed E-state index contributed by atoms with van der Waals surface area (Å²) in [5.74, 6) is 0.315. The lowest BCUT2D eigenvalue weighted by Crippen LogP contribution is -2.40. The second kappa shape index (κ2) is 7.51. The molecule has 0 radical (unpaired) electrons. The van der Waals surface area contributed by atoms with Gasteiger partial charge in [0.2, 0.25) is 5.91 Å². The van der Waals surface area contributed by atoms with Crippen LogP contribution in [0.15, 0.2) is 24.3 Å². The Balaban J connectivity index is 0.00000180. The lowest BCUT2D eigenvalue weighted by molar-refractivity contribution is -0.120. The van der Waals surface area contributed by atoms with Gasteiger partial charge in [0.25, 0.3) is 0 Å². The summed E-state index contributed by atoms with van der Waals surface area (Å²) in [4.78, 5) is 12.2. The lowest BCUT2D eigenvalue weighted by atomic mass is 9.92. The molecule has 1 aliphatic heterocycles. The summed E-state index contributed by atoms with van der Waals surface area (Å²) in [7, 11) is 0. The number of anilines is 1. The first-order chi connectivity index (χ1) is 8.70. The topological polar surface area (TPSA) is 41.1 Å². The van der Waals surface area contributed by atoms with E-state index in [1.54, 1.807) is 0 Å². The van der Waals surface area contributed by atoms with E-state index in [1.807, 2.05) is 18.2 Å². The number of carbonyl (C=O) groups excluding carboxylic acids is 1. The van der Waals surface area contributed by atoms with Gasteiger partial charge in [-0.25, -0.2) is 0 Å². The molecule has 0 bridgehead atoms. The van der Waals surface area contributed by atoms with Crippen molar-refractivity contribution < 1.29 is 4.79 Å². The number of hydrogen-bond donors (Lipinski definition) is 2. The summed E-state index contributed by atoms with van der Waals surface area (Å²) in [6.45, 7) is 5.19. The van der Waals surface area contributed by atoms with Crippen LogP contribution in [0, 0.1) is 5.92 Å². The summed E-state index contributed by atoms with van der Waals surface area (Å²) in [5.41, 5.74) is 2.17. The first-order valence-corrected chi connectivity index (χ1v) is 6.83. The molecule has 1 aromatic rings. The first kappa shape index (κ1) is 16.0. The van der Waals surface area contributed by atoms with Crippen molar-refractivity contribution in [2.24, 2.45) is 5.92 Å². The van der Waals surface area contributed by atoms with Crippen LogP contribution in [0.1, 0.15) is 32.3 Å². The maximum absolute atomic E-state index is 12.2. The molecule has 1 saturated heterocycles. The van der Waals surface area contributed by atoms with E-state index in [4.69, 9.17) is 0 Å². The highest BCUT2D eigenvalue weighted by molar-refractivity contribution is 5.93. The van der Waals surface area contributed by atoms with Crippen LogP contribution in [0.2, 0.25) is 0 Å². The van der Waals surface area contributed by atoms with E-state index < -0.39 is 0 Å². The van der Waals surface area contributed by atoms with Crippen LogP contribution in [0.4, 0.5) is 5.69 Å². The SMILES string of the molecule is CCc1ccccc1NC(=O)[C@H]1CCN[C@@H](C)C1.Cl. The zero-order chi connectivity index (χ0) is 13.0. The Kier molecular flexibility index (Phi) is 6.32. The fourth-order valence-corrected chi connectivity index (χ4v) is 2.56. The van der Waals surface area contributed by atoms with Gasteiger partial charge < -0.3 is 10.6 Å². The van der Waals surface area contributed by atoms with E-state index >= 15 is 0 Å². The number of aryl methyl sites for hydroxylation is 1. The maximum atomic E-state index is 12.2. The summed E-state index contributed by atoms with van der Waals surface area (Å²) < 4.78 is 0. The molecule has 4 heteroatoms. The van der Waals surface area contributed by atoms with Gasteiger partial charge in [-0.05, 0) is 44.4 Å². The largest absolute Gasteiger partial charge is 0.326 e. The number of hydrogen-bond acceptors (Lipinski definition) is 2. The number of nitrogens with one attached hydrogen (secondary N) is 2. The van der Waals surface area contributed by atoms with Gasteiger partial charge in [0.1, 0.15) is 0 Å². The molecular formula is C15H23ClN2O. The summed E-state index contributed by atoms with van der Waals surface area (Å²) in [5, 5.41) is 6.46. The van der Waals surface area contributed by atoms with Gasteiger partial charge in [0, 0.05) is 17.6 Å². The van der Waals surface area contributed by atoms with Crippen LogP contribution in [-0.4, -0.2) is 18.5 Å². The maximum Gasteiger partial charge on any atom is 0.227 e. The van der Waals surface area contributed by atoms with E-state index in [2.05, 4.69) is 30.5 Å². The Labute approximate surface area is 121 Å². The predicted octanol–water partition coefficient (Wildman–Crippen LogP) is 3.00. The Morgan fingerprint density at radius 3 is 2.84 bits per heavy atom.